The highest BCUT2D eigenvalue weighted by atomic mass is 32.2. The molecule has 250 valence electrons. The summed E-state index contributed by atoms with van der Waals surface area (Å²) in [4.78, 5) is 27.2. The number of fused-ring (bicyclic) bond motifs is 1. The standard InChI is InChI=1S/C39H42N2O6S/c1-27(2)30-14-12-28(13-15-30)24-39(3)25-34-23-32(16-17-36(34)47-39)31-10-7-11-33(22-31)37(42)40-48(44,45)35-18-20-41(21-19-35)38(43)46-26-29-8-5-4-6-9-29/h4-17,22-23,27,35H,18-21,24-26H2,1-3H3,(H,40,42)/t39-/m0/s1. The molecule has 4 aromatic carbocycles. The third-order valence-corrected chi connectivity index (χ3v) is 11.1. The van der Waals surface area contributed by atoms with Gasteiger partial charge in [-0.05, 0) is 83.3 Å². The number of hydrogen-bond acceptors (Lipinski definition) is 6. The molecule has 6 rings (SSSR count). The van der Waals surface area contributed by atoms with Crippen LogP contribution in [0, 0.1) is 0 Å². The Balaban J connectivity index is 1.05. The Hall–Kier alpha value is -4.63. The van der Waals surface area contributed by atoms with Gasteiger partial charge in [-0.3, -0.25) is 4.79 Å². The number of carbonyl (C=O) groups is 2. The van der Waals surface area contributed by atoms with Gasteiger partial charge in [0, 0.05) is 31.5 Å². The van der Waals surface area contributed by atoms with Gasteiger partial charge in [0.2, 0.25) is 10.0 Å². The average molecular weight is 667 g/mol. The zero-order chi connectivity index (χ0) is 33.9. The predicted octanol–water partition coefficient (Wildman–Crippen LogP) is 7.27. The number of ether oxygens (including phenoxy) is 2. The summed E-state index contributed by atoms with van der Waals surface area (Å²) < 4.78 is 40.5. The number of nitrogens with one attached hydrogen (secondary N) is 1. The molecule has 2 amide bonds. The minimum Gasteiger partial charge on any atom is -0.487 e. The zero-order valence-corrected chi connectivity index (χ0v) is 28.5. The number of rotatable bonds is 9. The number of benzene rings is 4. The van der Waals surface area contributed by atoms with E-state index >= 15 is 0 Å². The molecule has 0 saturated carbocycles. The molecule has 4 aromatic rings. The van der Waals surface area contributed by atoms with E-state index in [9.17, 15) is 18.0 Å². The molecule has 1 N–H and O–H groups in total. The molecule has 0 unspecified atom stereocenters. The molecule has 1 atom stereocenters. The van der Waals surface area contributed by atoms with Gasteiger partial charge in [-0.1, -0.05) is 86.6 Å². The van der Waals surface area contributed by atoms with Crippen LogP contribution in [0.1, 0.15) is 72.1 Å². The van der Waals surface area contributed by atoms with Crippen molar-refractivity contribution < 1.29 is 27.5 Å². The first-order valence-electron chi connectivity index (χ1n) is 16.5. The van der Waals surface area contributed by atoms with E-state index in [2.05, 4.69) is 55.8 Å². The average Bonchev–Trinajstić information content (AvgIpc) is 3.42. The van der Waals surface area contributed by atoms with Gasteiger partial charge in [0.25, 0.3) is 5.91 Å². The van der Waals surface area contributed by atoms with Crippen LogP contribution in [0.4, 0.5) is 4.79 Å². The first-order chi connectivity index (χ1) is 23.0. The van der Waals surface area contributed by atoms with Crippen LogP contribution in [0.3, 0.4) is 0 Å². The van der Waals surface area contributed by atoms with Crippen LogP contribution >= 0.6 is 0 Å². The van der Waals surface area contributed by atoms with Gasteiger partial charge in [0.05, 0.1) is 5.25 Å². The van der Waals surface area contributed by atoms with Crippen molar-refractivity contribution in [3.8, 4) is 16.9 Å². The second kappa shape index (κ2) is 13.8. The summed E-state index contributed by atoms with van der Waals surface area (Å²) in [6.07, 6.45) is 1.49. The van der Waals surface area contributed by atoms with Gasteiger partial charge in [-0.15, -0.1) is 0 Å². The molecule has 1 fully saturated rings. The van der Waals surface area contributed by atoms with Crippen LogP contribution < -0.4 is 9.46 Å². The van der Waals surface area contributed by atoms with E-state index in [1.54, 1.807) is 18.2 Å². The maximum absolute atomic E-state index is 13.2. The Bertz CT molecular complexity index is 1880. The fraction of sp³-hybridized carbons (Fsp3) is 0.333. The van der Waals surface area contributed by atoms with Crippen molar-refractivity contribution in [2.24, 2.45) is 0 Å². The van der Waals surface area contributed by atoms with Gasteiger partial charge in [0.15, 0.2) is 0 Å². The fourth-order valence-corrected chi connectivity index (χ4v) is 7.90. The molecule has 9 heteroatoms. The number of likely N-dealkylation sites (tertiary alicyclic amines) is 1. The largest absolute Gasteiger partial charge is 0.487 e. The van der Waals surface area contributed by atoms with Crippen molar-refractivity contribution in [3.05, 3.63) is 125 Å². The maximum Gasteiger partial charge on any atom is 0.410 e. The fourth-order valence-electron chi connectivity index (χ4n) is 6.52. The third-order valence-electron chi connectivity index (χ3n) is 9.24. The highest BCUT2D eigenvalue weighted by Crippen LogP contribution is 2.39. The minimum absolute atomic E-state index is 0.152. The molecule has 48 heavy (non-hydrogen) atoms. The number of hydrogen-bond donors (Lipinski definition) is 1. The van der Waals surface area contributed by atoms with Crippen LogP contribution in [0.5, 0.6) is 5.75 Å². The van der Waals surface area contributed by atoms with E-state index < -0.39 is 27.3 Å². The number of sulfonamides is 1. The lowest BCUT2D eigenvalue weighted by atomic mass is 9.90. The lowest BCUT2D eigenvalue weighted by Gasteiger charge is -2.31. The molecular weight excluding hydrogens is 625 g/mol. The van der Waals surface area contributed by atoms with Gasteiger partial charge in [-0.2, -0.15) is 0 Å². The van der Waals surface area contributed by atoms with Crippen molar-refractivity contribution >= 4 is 22.0 Å². The Kier molecular flexibility index (Phi) is 9.60. The van der Waals surface area contributed by atoms with Crippen LogP contribution in [0.25, 0.3) is 11.1 Å². The summed E-state index contributed by atoms with van der Waals surface area (Å²) in [5, 5.41) is -0.790. The van der Waals surface area contributed by atoms with Crippen molar-refractivity contribution in [3.63, 3.8) is 0 Å². The van der Waals surface area contributed by atoms with Gasteiger partial charge in [0.1, 0.15) is 18.0 Å². The number of nitrogens with zero attached hydrogens (tertiary/aromatic N) is 1. The molecule has 0 aliphatic carbocycles. The molecule has 0 aromatic heterocycles. The Morgan fingerprint density at radius 1 is 0.896 bits per heavy atom. The molecule has 0 bridgehead atoms. The Morgan fingerprint density at radius 2 is 1.60 bits per heavy atom. The van der Waals surface area contributed by atoms with Gasteiger partial charge < -0.3 is 14.4 Å². The smallest absolute Gasteiger partial charge is 0.410 e. The summed E-state index contributed by atoms with van der Waals surface area (Å²) in [7, 11) is -3.96. The van der Waals surface area contributed by atoms with Crippen LogP contribution in [0.2, 0.25) is 0 Å². The Labute approximate surface area is 283 Å². The summed E-state index contributed by atoms with van der Waals surface area (Å²) in [6.45, 7) is 7.13. The van der Waals surface area contributed by atoms with E-state index in [0.29, 0.717) is 5.92 Å². The SMILES string of the molecule is CC(C)c1ccc(C[C@@]2(C)Cc3cc(-c4cccc(C(=O)NS(=O)(=O)C5CCN(C(=O)OCc6ccccc6)CC5)c4)ccc3O2)cc1. The van der Waals surface area contributed by atoms with E-state index in [0.717, 1.165) is 40.8 Å². The molecule has 0 radical (unpaired) electrons. The van der Waals surface area contributed by atoms with Gasteiger partial charge >= 0.3 is 6.09 Å². The topological polar surface area (TPSA) is 102 Å². The highest BCUT2D eigenvalue weighted by Gasteiger charge is 2.36. The second-order valence-corrected chi connectivity index (χ2v) is 15.4. The summed E-state index contributed by atoms with van der Waals surface area (Å²) >= 11 is 0. The molecule has 2 aliphatic heterocycles. The lowest BCUT2D eigenvalue weighted by Crippen LogP contribution is -2.46. The summed E-state index contributed by atoms with van der Waals surface area (Å²) in [5.74, 6) is 0.666. The number of piperidine rings is 1. The first kappa shape index (κ1) is 33.3. The normalized spacial score (nSPS) is 17.9. The highest BCUT2D eigenvalue weighted by molar-refractivity contribution is 7.90. The molecule has 0 spiro atoms. The van der Waals surface area contributed by atoms with E-state index in [4.69, 9.17) is 9.47 Å². The quantitative estimate of drug-likeness (QED) is 0.202. The predicted molar refractivity (Wildman–Crippen MR) is 186 cm³/mol. The van der Waals surface area contributed by atoms with Gasteiger partial charge in [-0.25, -0.2) is 17.9 Å². The minimum atomic E-state index is -3.96. The third kappa shape index (κ3) is 7.73. The van der Waals surface area contributed by atoms with E-state index in [1.165, 1.54) is 16.0 Å². The van der Waals surface area contributed by atoms with Crippen molar-refractivity contribution in [1.82, 2.24) is 9.62 Å². The number of amides is 2. The van der Waals surface area contributed by atoms with Crippen LogP contribution in [0.15, 0.2) is 97.1 Å². The molecule has 1 saturated heterocycles. The lowest BCUT2D eigenvalue weighted by molar-refractivity contribution is 0.0892. The van der Waals surface area contributed by atoms with E-state index in [-0.39, 0.29) is 43.7 Å². The van der Waals surface area contributed by atoms with Crippen molar-refractivity contribution in [2.45, 2.75) is 69.8 Å². The van der Waals surface area contributed by atoms with Crippen molar-refractivity contribution in [1.29, 1.82) is 0 Å². The molecule has 2 heterocycles. The van der Waals surface area contributed by atoms with Crippen LogP contribution in [-0.4, -0.2) is 49.3 Å². The number of carbonyl (C=O) groups excluding carboxylic acids is 2. The first-order valence-corrected chi connectivity index (χ1v) is 18.1. The monoisotopic (exact) mass is 666 g/mol. The zero-order valence-electron chi connectivity index (χ0n) is 27.6. The molecular formula is C39H42N2O6S. The second-order valence-electron chi connectivity index (χ2n) is 13.4. The molecule has 8 nitrogen and oxygen atoms in total. The Morgan fingerprint density at radius 3 is 2.31 bits per heavy atom. The van der Waals surface area contributed by atoms with Crippen molar-refractivity contribution in [2.75, 3.05) is 13.1 Å². The summed E-state index contributed by atoms with van der Waals surface area (Å²) in [5.41, 5.74) is 6.14. The summed E-state index contributed by atoms with van der Waals surface area (Å²) in [6, 6.07) is 31.1. The molecule has 2 aliphatic rings. The van der Waals surface area contributed by atoms with E-state index in [1.807, 2.05) is 48.5 Å². The van der Waals surface area contributed by atoms with Crippen LogP contribution in [-0.2, 0) is 34.2 Å². The maximum atomic E-state index is 13.2.